The summed E-state index contributed by atoms with van der Waals surface area (Å²) in [5.41, 5.74) is 2.27. The second-order valence-electron chi connectivity index (χ2n) is 7.00. The van der Waals surface area contributed by atoms with Crippen molar-refractivity contribution in [2.24, 2.45) is 0 Å². The van der Waals surface area contributed by atoms with Gasteiger partial charge in [-0.1, -0.05) is 0 Å². The van der Waals surface area contributed by atoms with Crippen molar-refractivity contribution in [2.45, 2.75) is 18.8 Å². The molecule has 0 aliphatic carbocycles. The number of hydrogen-bond acceptors (Lipinski definition) is 6. The minimum Gasteiger partial charge on any atom is -0.476 e. The van der Waals surface area contributed by atoms with Gasteiger partial charge >= 0.3 is 0 Å². The molecule has 7 heteroatoms. The summed E-state index contributed by atoms with van der Waals surface area (Å²) in [5, 5.41) is 4.19. The van der Waals surface area contributed by atoms with Crippen molar-refractivity contribution >= 4 is 33.7 Å². The number of piperidine rings is 1. The Morgan fingerprint density at radius 1 is 1.26 bits per heavy atom. The molecule has 0 saturated carbocycles. The SMILES string of the molecule is CN(C)CCOc1ccc2c(ccc3occ(C4CCC(=O)NC4=O)c32)n1. The predicted molar refractivity (Wildman–Crippen MR) is 101 cm³/mol. The van der Waals surface area contributed by atoms with E-state index >= 15 is 0 Å². The van der Waals surface area contributed by atoms with Gasteiger partial charge in [-0.25, -0.2) is 4.98 Å². The van der Waals surface area contributed by atoms with E-state index in [1.807, 2.05) is 43.3 Å². The molecule has 1 saturated heterocycles. The smallest absolute Gasteiger partial charge is 0.234 e. The maximum Gasteiger partial charge on any atom is 0.234 e. The van der Waals surface area contributed by atoms with E-state index in [-0.39, 0.29) is 11.8 Å². The Kier molecular flexibility index (Phi) is 4.53. The Bertz CT molecular complexity index is 1020. The fraction of sp³-hybridized carbons (Fsp3) is 0.350. The fourth-order valence-electron chi connectivity index (χ4n) is 3.41. The van der Waals surface area contributed by atoms with E-state index in [1.54, 1.807) is 6.26 Å². The molecule has 140 valence electrons. The maximum absolute atomic E-state index is 12.3. The van der Waals surface area contributed by atoms with Gasteiger partial charge in [0.15, 0.2) is 0 Å². The predicted octanol–water partition coefficient (Wildman–Crippen LogP) is 2.44. The van der Waals surface area contributed by atoms with Crippen LogP contribution in [0.25, 0.3) is 21.9 Å². The second kappa shape index (κ2) is 7.00. The van der Waals surface area contributed by atoms with Crippen molar-refractivity contribution in [3.63, 3.8) is 0 Å². The zero-order valence-corrected chi connectivity index (χ0v) is 15.3. The van der Waals surface area contributed by atoms with Crippen LogP contribution in [0.1, 0.15) is 24.3 Å². The normalized spacial score (nSPS) is 17.7. The Morgan fingerprint density at radius 2 is 2.11 bits per heavy atom. The summed E-state index contributed by atoms with van der Waals surface area (Å²) in [4.78, 5) is 30.4. The van der Waals surface area contributed by atoms with Gasteiger partial charge in [-0.05, 0) is 38.7 Å². The van der Waals surface area contributed by atoms with Crippen LogP contribution in [-0.2, 0) is 9.59 Å². The first-order valence-corrected chi connectivity index (χ1v) is 8.95. The molecule has 3 aromatic rings. The Labute approximate surface area is 156 Å². The highest BCUT2D eigenvalue weighted by Crippen LogP contribution is 2.36. The third-order valence-electron chi connectivity index (χ3n) is 4.81. The highest BCUT2D eigenvalue weighted by Gasteiger charge is 2.31. The lowest BCUT2D eigenvalue weighted by atomic mass is 9.89. The van der Waals surface area contributed by atoms with Gasteiger partial charge in [0.25, 0.3) is 0 Å². The Hall–Kier alpha value is -2.93. The number of carbonyl (C=O) groups excluding carboxylic acids is 2. The van der Waals surface area contributed by atoms with Gasteiger partial charge in [0.2, 0.25) is 17.7 Å². The second-order valence-corrected chi connectivity index (χ2v) is 7.00. The summed E-state index contributed by atoms with van der Waals surface area (Å²) in [6, 6.07) is 7.51. The van der Waals surface area contributed by atoms with Crippen molar-refractivity contribution < 1.29 is 18.7 Å². The van der Waals surface area contributed by atoms with Crippen molar-refractivity contribution in [3.05, 3.63) is 36.1 Å². The molecule has 0 radical (unpaired) electrons. The van der Waals surface area contributed by atoms with E-state index in [1.165, 1.54) is 0 Å². The van der Waals surface area contributed by atoms with Gasteiger partial charge in [-0.15, -0.1) is 0 Å². The van der Waals surface area contributed by atoms with Gasteiger partial charge in [0.05, 0.1) is 17.7 Å². The highest BCUT2D eigenvalue weighted by molar-refractivity contribution is 6.09. The first-order chi connectivity index (χ1) is 13.0. The number of fused-ring (bicyclic) bond motifs is 3. The number of imide groups is 1. The van der Waals surface area contributed by atoms with Crippen molar-refractivity contribution in [3.8, 4) is 5.88 Å². The largest absolute Gasteiger partial charge is 0.476 e. The third kappa shape index (κ3) is 3.38. The number of nitrogens with zero attached hydrogens (tertiary/aromatic N) is 2. The number of nitrogens with one attached hydrogen (secondary N) is 1. The monoisotopic (exact) mass is 367 g/mol. The zero-order chi connectivity index (χ0) is 19.0. The molecule has 4 rings (SSSR count). The minimum absolute atomic E-state index is 0.227. The molecule has 0 spiro atoms. The number of likely N-dealkylation sites (N-methyl/N-ethyl adjacent to an activating group) is 1. The molecular formula is C20H21N3O4. The van der Waals surface area contributed by atoms with Gasteiger partial charge in [0.1, 0.15) is 12.2 Å². The summed E-state index contributed by atoms with van der Waals surface area (Å²) >= 11 is 0. The van der Waals surface area contributed by atoms with Crippen LogP contribution >= 0.6 is 0 Å². The van der Waals surface area contributed by atoms with Gasteiger partial charge in [0, 0.05) is 35.4 Å². The van der Waals surface area contributed by atoms with E-state index in [0.29, 0.717) is 30.9 Å². The average molecular weight is 367 g/mol. The van der Waals surface area contributed by atoms with Crippen molar-refractivity contribution in [2.75, 3.05) is 27.2 Å². The van der Waals surface area contributed by atoms with Crippen LogP contribution in [0.15, 0.2) is 34.9 Å². The van der Waals surface area contributed by atoms with Gasteiger partial charge in [-0.2, -0.15) is 0 Å². The number of rotatable bonds is 5. The molecule has 1 atom stereocenters. The molecule has 1 aliphatic rings. The van der Waals surface area contributed by atoms with E-state index in [9.17, 15) is 9.59 Å². The van der Waals surface area contributed by atoms with Crippen LogP contribution < -0.4 is 10.1 Å². The highest BCUT2D eigenvalue weighted by atomic mass is 16.5. The summed E-state index contributed by atoms with van der Waals surface area (Å²) in [5.74, 6) is -0.335. The number of amides is 2. The number of furan rings is 1. The molecule has 2 amide bonds. The zero-order valence-electron chi connectivity index (χ0n) is 15.3. The lowest BCUT2D eigenvalue weighted by Gasteiger charge is -2.20. The fourth-order valence-corrected chi connectivity index (χ4v) is 3.41. The van der Waals surface area contributed by atoms with Crippen LogP contribution in [0.4, 0.5) is 0 Å². The lowest BCUT2D eigenvalue weighted by Crippen LogP contribution is -2.39. The number of aromatic nitrogens is 1. The number of hydrogen-bond donors (Lipinski definition) is 1. The van der Waals surface area contributed by atoms with E-state index < -0.39 is 5.92 Å². The lowest BCUT2D eigenvalue weighted by molar-refractivity contribution is -0.134. The van der Waals surface area contributed by atoms with Crippen LogP contribution in [0.2, 0.25) is 0 Å². The maximum atomic E-state index is 12.3. The molecule has 7 nitrogen and oxygen atoms in total. The first-order valence-electron chi connectivity index (χ1n) is 8.95. The topological polar surface area (TPSA) is 84.7 Å². The number of ether oxygens (including phenoxy) is 1. The molecule has 1 N–H and O–H groups in total. The van der Waals surface area contributed by atoms with E-state index in [4.69, 9.17) is 9.15 Å². The van der Waals surface area contributed by atoms with Crippen molar-refractivity contribution in [1.82, 2.24) is 15.2 Å². The number of pyridine rings is 1. The van der Waals surface area contributed by atoms with Gasteiger partial charge in [-0.3, -0.25) is 14.9 Å². The Morgan fingerprint density at radius 3 is 2.89 bits per heavy atom. The summed E-state index contributed by atoms with van der Waals surface area (Å²) in [7, 11) is 3.98. The molecule has 2 aromatic heterocycles. The first kappa shape index (κ1) is 17.5. The molecule has 3 heterocycles. The quantitative estimate of drug-likeness (QED) is 0.697. The standard InChI is InChI=1S/C20H21N3O4/c1-23(2)9-10-26-18-8-4-13-15(21-18)5-6-16-19(13)14(11-27-16)12-3-7-17(24)22-20(12)25/h4-6,8,11-12H,3,7,9-10H2,1-2H3,(H,22,24,25). The molecule has 1 aliphatic heterocycles. The van der Waals surface area contributed by atoms with Gasteiger partial charge < -0.3 is 14.1 Å². The van der Waals surface area contributed by atoms with Crippen molar-refractivity contribution in [1.29, 1.82) is 0 Å². The molecule has 1 unspecified atom stereocenters. The average Bonchev–Trinajstić information content (AvgIpc) is 3.05. The van der Waals surface area contributed by atoms with Crippen LogP contribution in [0.3, 0.4) is 0 Å². The van der Waals surface area contributed by atoms with Crippen LogP contribution in [0.5, 0.6) is 5.88 Å². The summed E-state index contributed by atoms with van der Waals surface area (Å²) < 4.78 is 11.4. The molecule has 0 bridgehead atoms. The molecular weight excluding hydrogens is 346 g/mol. The van der Waals surface area contributed by atoms with E-state index in [0.717, 1.165) is 28.4 Å². The summed E-state index contributed by atoms with van der Waals surface area (Å²) in [6.45, 7) is 1.36. The Balaban J connectivity index is 1.71. The molecule has 1 fully saturated rings. The number of carbonyl (C=O) groups is 2. The van der Waals surface area contributed by atoms with Crippen LogP contribution in [0, 0.1) is 0 Å². The van der Waals surface area contributed by atoms with E-state index in [2.05, 4.69) is 10.3 Å². The van der Waals surface area contributed by atoms with Crippen LogP contribution in [-0.4, -0.2) is 48.9 Å². The summed E-state index contributed by atoms with van der Waals surface area (Å²) in [6.07, 6.45) is 2.43. The molecule has 1 aromatic carbocycles. The minimum atomic E-state index is -0.398. The number of benzene rings is 1. The third-order valence-corrected chi connectivity index (χ3v) is 4.81. The molecule has 27 heavy (non-hydrogen) atoms.